The molecule has 92 heavy (non-hydrogen) atoms. The molecule has 0 saturated carbocycles. The van der Waals surface area contributed by atoms with Gasteiger partial charge in [-0.2, -0.15) is 10.2 Å². The summed E-state index contributed by atoms with van der Waals surface area (Å²) in [4.78, 5) is 71.7. The maximum Gasteiger partial charge on any atom is 0.407 e. The number of hydrogen-bond donors (Lipinski definition) is 7. The van der Waals surface area contributed by atoms with Crippen molar-refractivity contribution in [1.82, 2.24) is 50.8 Å². The molecule has 8 aromatic rings. The van der Waals surface area contributed by atoms with E-state index < -0.39 is 17.7 Å². The number of carbonyl (C=O) groups is 5. The lowest BCUT2D eigenvalue weighted by molar-refractivity contribution is 0.0522. The number of alkyl carbamates (subject to hydrolysis) is 1. The Kier molecular flexibility index (Phi) is 24.9. The molecule has 0 aliphatic carbocycles. The summed E-state index contributed by atoms with van der Waals surface area (Å²) in [7, 11) is 0. The molecule has 6 heterocycles. The van der Waals surface area contributed by atoms with Crippen molar-refractivity contribution in [3.63, 3.8) is 0 Å². The third-order valence-electron chi connectivity index (χ3n) is 15.8. The van der Waals surface area contributed by atoms with Gasteiger partial charge in [0.25, 0.3) is 17.7 Å². The number of nitrogens with one attached hydrogen (secondary N) is 6. The lowest BCUT2D eigenvalue weighted by Gasteiger charge is -2.26. The molecule has 0 atom stereocenters. The average Bonchev–Trinajstić information content (AvgIpc) is 1.56. The van der Waals surface area contributed by atoms with E-state index in [2.05, 4.69) is 87.8 Å². The van der Waals surface area contributed by atoms with E-state index in [-0.39, 0.29) is 41.9 Å². The number of halogens is 2. The van der Waals surface area contributed by atoms with E-state index in [0.29, 0.717) is 68.9 Å². The van der Waals surface area contributed by atoms with Gasteiger partial charge in [0.05, 0.1) is 40.1 Å². The molecule has 0 radical (unpaired) electrons. The minimum absolute atomic E-state index is 0.0776. The fourth-order valence-electron chi connectivity index (χ4n) is 10.8. The minimum atomic E-state index is -1.07. The van der Waals surface area contributed by atoms with Gasteiger partial charge in [-0.1, -0.05) is 70.0 Å². The summed E-state index contributed by atoms with van der Waals surface area (Å²) < 4.78 is 22.0. The van der Waals surface area contributed by atoms with Crippen molar-refractivity contribution < 1.29 is 43.3 Å². The molecule has 0 bridgehead atoms. The predicted octanol–water partition coefficient (Wildman–Crippen LogP) is 12.6. The maximum atomic E-state index is 13.3. The number of benzene rings is 4. The number of carboxylic acid groups (broad SMARTS) is 1. The smallest absolute Gasteiger partial charge is 0.407 e. The molecule has 4 amide bonds. The molecule has 2 aliphatic heterocycles. The molecule has 2 saturated heterocycles. The van der Waals surface area contributed by atoms with Crippen LogP contribution in [0.3, 0.4) is 0 Å². The first-order valence-electron chi connectivity index (χ1n) is 31.3. The molecule has 23 heteroatoms. The lowest BCUT2D eigenvalue weighted by atomic mass is 10.0. The number of amides is 4. The zero-order chi connectivity index (χ0) is 66.1. The van der Waals surface area contributed by atoms with Crippen molar-refractivity contribution in [3.05, 3.63) is 173 Å². The van der Waals surface area contributed by atoms with E-state index in [4.69, 9.17) is 24.2 Å². The molecule has 2 fully saturated rings. The van der Waals surface area contributed by atoms with E-state index in [1.54, 1.807) is 36.4 Å². The van der Waals surface area contributed by atoms with Gasteiger partial charge in [-0.3, -0.25) is 14.4 Å². The van der Waals surface area contributed by atoms with Crippen LogP contribution in [0.4, 0.5) is 16.2 Å². The van der Waals surface area contributed by atoms with Crippen molar-refractivity contribution in [3.8, 4) is 0 Å². The Labute approximate surface area is 554 Å². The van der Waals surface area contributed by atoms with Crippen LogP contribution in [0.25, 0.3) is 22.1 Å². The normalized spacial score (nSPS) is 13.5. The molecule has 7 N–H and O–H groups in total. The number of carbonyl (C=O) groups excluding carboxylic acids is 4. The Balaban J connectivity index is 0.000000193. The van der Waals surface area contributed by atoms with Gasteiger partial charge in [0.1, 0.15) is 5.60 Å². The van der Waals surface area contributed by atoms with Gasteiger partial charge in [0, 0.05) is 126 Å². The second-order valence-electron chi connectivity index (χ2n) is 23.5. The highest BCUT2D eigenvalue weighted by molar-refractivity contribution is 9.10. The number of hydrogen-bond acceptors (Lipinski definition) is 14. The lowest BCUT2D eigenvalue weighted by Crippen LogP contribution is -2.32. The van der Waals surface area contributed by atoms with E-state index in [1.165, 1.54) is 12.1 Å². The highest BCUT2D eigenvalue weighted by atomic mass is 79.9. The number of anilines is 2. The van der Waals surface area contributed by atoms with Crippen LogP contribution in [0.5, 0.6) is 0 Å². The van der Waals surface area contributed by atoms with Gasteiger partial charge in [-0.15, -0.1) is 0 Å². The highest BCUT2D eigenvalue weighted by Gasteiger charge is 2.25. The Morgan fingerprint density at radius 1 is 0.565 bits per heavy atom. The standard InChI is InChI=1S/C32H37BrN6O3.C24H29N5O4.C13H18BrNO2/c1-4-28-26(29(37-25-11-13-42-14-12-25)27-19-36-39(5-2)30(27)38-28)18-35-32(41)22-8-6-7-21(15-22)31(40)34-17-23-16-24(33)10-9-20(23)3;1-3-20-18(13-25-23(30)15-6-5-7-16(12-15)24(31)32)21(27-17-8-10-33-11-9-17)19-14-26-29(4-2)22(19)28-20;1-9-5-6-11(14)7-10(9)8-15-12(16)17-13(2,3)4/h6-10,15-16,19,25H,4-5,11-14,17-18H2,1-3H3,(H,34,40)(H,35,41)(H,37,38);5-7,12,14,17H,3-4,8-11,13H2,1-2H3,(H,25,30)(H,27,28)(H,31,32);5-7H,8H2,1-4H3,(H,15,16). The SMILES string of the molecule is CCc1nc2c(cnn2CC)c(NC2CCOCC2)c1CNC(=O)c1cccc(C(=O)NCc2cc(Br)ccc2C)c1.CCc1nc2c(cnn2CC)c(NC2CCOCC2)c1CNC(=O)c1cccc(C(=O)O)c1.Cc1ccc(Br)cc1CNC(=O)OC(C)(C)C. The largest absolute Gasteiger partial charge is 0.478 e. The quantitative estimate of drug-likeness (QED) is 0.0374. The number of fused-ring (bicyclic) bond motifs is 2. The van der Waals surface area contributed by atoms with Crippen LogP contribution in [0, 0.1) is 13.8 Å². The average molecular weight is 1390 g/mol. The number of aromatic nitrogens is 6. The molecular formula is C69H84Br2N12O9. The van der Waals surface area contributed by atoms with Crippen LogP contribution >= 0.6 is 31.9 Å². The number of ether oxygens (including phenoxy) is 3. The van der Waals surface area contributed by atoms with E-state index >= 15 is 0 Å². The zero-order valence-electron chi connectivity index (χ0n) is 53.9. The third-order valence-corrected chi connectivity index (χ3v) is 16.8. The number of aromatic carboxylic acids is 1. The van der Waals surface area contributed by atoms with Crippen molar-refractivity contribution in [2.45, 2.75) is 158 Å². The molecule has 4 aromatic carbocycles. The Morgan fingerprint density at radius 3 is 1.35 bits per heavy atom. The van der Waals surface area contributed by atoms with Gasteiger partial charge in [-0.05, 0) is 170 Å². The Morgan fingerprint density at radius 2 is 0.957 bits per heavy atom. The van der Waals surface area contributed by atoms with Crippen molar-refractivity contribution in [1.29, 1.82) is 0 Å². The van der Waals surface area contributed by atoms with Gasteiger partial charge < -0.3 is 51.2 Å². The molecule has 21 nitrogen and oxygen atoms in total. The number of pyridine rings is 2. The first-order valence-corrected chi connectivity index (χ1v) is 32.9. The van der Waals surface area contributed by atoms with Crippen molar-refractivity contribution >= 4 is 95.1 Å². The fraction of sp³-hybridized carbons (Fsp3) is 0.406. The summed E-state index contributed by atoms with van der Waals surface area (Å²) in [6.07, 6.45) is 8.34. The Bertz CT molecular complexity index is 3910. The van der Waals surface area contributed by atoms with Gasteiger partial charge in [0.2, 0.25) is 0 Å². The van der Waals surface area contributed by atoms with E-state index in [9.17, 15) is 29.1 Å². The van der Waals surface area contributed by atoms with Gasteiger partial charge in [-0.25, -0.2) is 28.9 Å². The highest BCUT2D eigenvalue weighted by Crippen LogP contribution is 2.33. The molecular weight excluding hydrogens is 1300 g/mol. The molecule has 2 aliphatic rings. The van der Waals surface area contributed by atoms with Crippen LogP contribution < -0.4 is 31.9 Å². The minimum Gasteiger partial charge on any atom is -0.478 e. The second kappa shape index (κ2) is 32.8. The van der Waals surface area contributed by atoms with Crippen LogP contribution in [0.1, 0.15) is 160 Å². The summed E-state index contributed by atoms with van der Waals surface area (Å²) in [5, 5.41) is 39.3. The first kappa shape index (κ1) is 69.6. The maximum absolute atomic E-state index is 13.3. The summed E-state index contributed by atoms with van der Waals surface area (Å²) in [6.45, 7) is 23.5. The van der Waals surface area contributed by atoms with Crippen LogP contribution in [0.2, 0.25) is 0 Å². The number of aryl methyl sites for hydroxylation is 6. The zero-order valence-corrected chi connectivity index (χ0v) is 57.0. The predicted molar refractivity (Wildman–Crippen MR) is 364 cm³/mol. The van der Waals surface area contributed by atoms with E-state index in [1.807, 2.05) is 107 Å². The summed E-state index contributed by atoms with van der Waals surface area (Å²) in [5.74, 6) is -1.89. The van der Waals surface area contributed by atoms with Crippen molar-refractivity contribution in [2.75, 3.05) is 37.1 Å². The summed E-state index contributed by atoms with van der Waals surface area (Å²) >= 11 is 6.89. The summed E-state index contributed by atoms with van der Waals surface area (Å²) in [6, 6.07) is 25.3. The summed E-state index contributed by atoms with van der Waals surface area (Å²) in [5.41, 5.74) is 12.4. The molecule has 0 unspecified atom stereocenters. The topological polar surface area (TPSA) is 267 Å². The molecule has 10 rings (SSSR count). The van der Waals surface area contributed by atoms with Gasteiger partial charge >= 0.3 is 12.1 Å². The Hall–Kier alpha value is -8.25. The van der Waals surface area contributed by atoms with Crippen LogP contribution in [0.15, 0.2) is 106 Å². The van der Waals surface area contributed by atoms with Crippen LogP contribution in [-0.2, 0) is 66.3 Å². The second-order valence-corrected chi connectivity index (χ2v) is 25.3. The number of carboxylic acids is 1. The first-order chi connectivity index (χ1) is 44.2. The third kappa shape index (κ3) is 18.7. The molecule has 0 spiro atoms. The van der Waals surface area contributed by atoms with E-state index in [0.717, 1.165) is 133 Å². The van der Waals surface area contributed by atoms with Crippen molar-refractivity contribution in [2.24, 2.45) is 0 Å². The molecule has 488 valence electrons. The fourth-order valence-corrected chi connectivity index (χ4v) is 11.6. The number of nitrogens with zero attached hydrogens (tertiary/aromatic N) is 6. The molecule has 4 aromatic heterocycles. The number of rotatable bonds is 20. The van der Waals surface area contributed by atoms with Crippen LogP contribution in [-0.4, -0.2) is 109 Å². The monoisotopic (exact) mass is 1380 g/mol. The van der Waals surface area contributed by atoms with Gasteiger partial charge in [0.15, 0.2) is 11.3 Å².